The van der Waals surface area contributed by atoms with E-state index in [1.54, 1.807) is 27.7 Å². The summed E-state index contributed by atoms with van der Waals surface area (Å²) in [5.74, 6) is -1.58. The Morgan fingerprint density at radius 3 is 2.37 bits per heavy atom. The van der Waals surface area contributed by atoms with Gasteiger partial charge in [0, 0.05) is 36.8 Å². The lowest BCUT2D eigenvalue weighted by atomic mass is 9.82. The Morgan fingerprint density at radius 2 is 1.85 bits per heavy atom. The number of aliphatic hydroxyl groups is 1. The van der Waals surface area contributed by atoms with Crippen LogP contribution in [0.2, 0.25) is 0 Å². The number of β-amino-alcohol motifs (C(OH)–C–C–N with tert-alkyl or cyclic N) is 1. The Labute approximate surface area is 158 Å². The Bertz CT molecular complexity index is 738. The number of aliphatic hydroxyl groups excluding tert-OH is 1. The van der Waals surface area contributed by atoms with E-state index in [2.05, 4.69) is 0 Å². The van der Waals surface area contributed by atoms with Gasteiger partial charge in [-0.3, -0.25) is 4.90 Å². The third-order valence-corrected chi connectivity index (χ3v) is 5.63. The molecule has 3 rings (SSSR count). The van der Waals surface area contributed by atoms with Crippen molar-refractivity contribution in [3.63, 3.8) is 0 Å². The third kappa shape index (κ3) is 4.09. The Morgan fingerprint density at radius 1 is 1.22 bits per heavy atom. The highest BCUT2D eigenvalue weighted by molar-refractivity contribution is 6.55. The van der Waals surface area contributed by atoms with Gasteiger partial charge in [0.25, 0.3) is 0 Å². The number of likely N-dealkylation sites (tertiary alicyclic amines) is 1. The predicted octanol–water partition coefficient (Wildman–Crippen LogP) is 3.34. The van der Waals surface area contributed by atoms with Gasteiger partial charge in [-0.1, -0.05) is 0 Å². The van der Waals surface area contributed by atoms with Crippen LogP contribution in [0, 0.1) is 11.6 Å². The van der Waals surface area contributed by atoms with Crippen molar-refractivity contribution in [2.45, 2.75) is 51.4 Å². The summed E-state index contributed by atoms with van der Waals surface area (Å²) in [5.41, 5.74) is -2.22. The number of rotatable bonds is 4. The summed E-state index contributed by atoms with van der Waals surface area (Å²) in [6, 6.07) is 3.04. The van der Waals surface area contributed by atoms with Crippen LogP contribution in [-0.2, 0) is 9.31 Å². The SMILES string of the molecule is CC1(C)OB(C(F)=C(CN2CCC(O)C2)c2ccc(F)cc2F)OC1(C)C. The van der Waals surface area contributed by atoms with Crippen molar-refractivity contribution in [1.29, 1.82) is 0 Å². The zero-order chi connectivity index (χ0) is 20.0. The Kier molecular flexibility index (Phi) is 5.47. The first-order valence-electron chi connectivity index (χ1n) is 9.10. The molecule has 0 saturated carbocycles. The quantitative estimate of drug-likeness (QED) is 0.810. The van der Waals surface area contributed by atoms with Gasteiger partial charge in [-0.05, 0) is 46.2 Å². The van der Waals surface area contributed by atoms with Crippen LogP contribution in [0.25, 0.3) is 5.57 Å². The van der Waals surface area contributed by atoms with Crippen LogP contribution in [0.5, 0.6) is 0 Å². The lowest BCUT2D eigenvalue weighted by Gasteiger charge is -2.32. The van der Waals surface area contributed by atoms with E-state index in [1.165, 1.54) is 6.07 Å². The molecule has 2 heterocycles. The Hall–Kier alpha value is -1.35. The van der Waals surface area contributed by atoms with Gasteiger partial charge >= 0.3 is 7.12 Å². The van der Waals surface area contributed by atoms with Crippen LogP contribution in [0.4, 0.5) is 13.2 Å². The molecule has 1 atom stereocenters. The van der Waals surface area contributed by atoms with E-state index in [9.17, 15) is 13.9 Å². The fraction of sp³-hybridized carbons (Fsp3) is 0.579. The van der Waals surface area contributed by atoms with Crippen molar-refractivity contribution in [1.82, 2.24) is 4.90 Å². The zero-order valence-corrected chi connectivity index (χ0v) is 16.1. The molecule has 27 heavy (non-hydrogen) atoms. The molecule has 2 saturated heterocycles. The first-order chi connectivity index (χ1) is 12.5. The molecule has 2 aliphatic heterocycles. The summed E-state index contributed by atoms with van der Waals surface area (Å²) in [6.07, 6.45) is 0.0707. The standard InChI is InChI=1S/C19H25BF3NO3/c1-18(2)19(3,4)27-20(26-18)17(23)15(11-24-8-7-13(25)10-24)14-6-5-12(21)9-16(14)22/h5-6,9,13,25H,7-8,10-11H2,1-4H3. The number of nitrogens with zero attached hydrogens (tertiary/aromatic N) is 1. The minimum atomic E-state index is -1.28. The molecule has 0 aliphatic carbocycles. The van der Waals surface area contributed by atoms with Gasteiger partial charge in [0.2, 0.25) is 0 Å². The third-order valence-electron chi connectivity index (χ3n) is 5.63. The average Bonchev–Trinajstić information content (AvgIpc) is 3.05. The second-order valence-corrected chi connectivity index (χ2v) is 8.22. The van der Waals surface area contributed by atoms with Crippen molar-refractivity contribution in [2.24, 2.45) is 0 Å². The summed E-state index contributed by atoms with van der Waals surface area (Å²) in [7, 11) is -1.28. The van der Waals surface area contributed by atoms with E-state index >= 15 is 4.39 Å². The van der Waals surface area contributed by atoms with Gasteiger partial charge in [-0.2, -0.15) is 0 Å². The number of halogens is 3. The molecule has 0 spiro atoms. The monoisotopic (exact) mass is 383 g/mol. The highest BCUT2D eigenvalue weighted by Crippen LogP contribution is 2.40. The lowest BCUT2D eigenvalue weighted by molar-refractivity contribution is 0.00578. The molecular weight excluding hydrogens is 358 g/mol. The van der Waals surface area contributed by atoms with Crippen molar-refractivity contribution in [2.75, 3.05) is 19.6 Å². The fourth-order valence-electron chi connectivity index (χ4n) is 3.29. The van der Waals surface area contributed by atoms with Crippen LogP contribution in [0.15, 0.2) is 23.9 Å². The molecule has 2 fully saturated rings. The minimum absolute atomic E-state index is 0.0370. The van der Waals surface area contributed by atoms with Gasteiger partial charge in [-0.25, -0.2) is 13.2 Å². The topological polar surface area (TPSA) is 41.9 Å². The highest BCUT2D eigenvalue weighted by Gasteiger charge is 2.53. The van der Waals surface area contributed by atoms with E-state index in [-0.39, 0.29) is 17.7 Å². The second kappa shape index (κ2) is 7.24. The summed E-state index contributed by atoms with van der Waals surface area (Å²) in [6.45, 7) is 8.19. The minimum Gasteiger partial charge on any atom is -0.398 e. The van der Waals surface area contributed by atoms with Crippen LogP contribution in [0.3, 0.4) is 0 Å². The molecule has 0 amide bonds. The molecule has 0 radical (unpaired) electrons. The fourth-order valence-corrected chi connectivity index (χ4v) is 3.29. The lowest BCUT2D eigenvalue weighted by Crippen LogP contribution is -2.41. The number of hydrogen-bond acceptors (Lipinski definition) is 4. The van der Waals surface area contributed by atoms with E-state index in [4.69, 9.17) is 9.31 Å². The molecule has 8 heteroatoms. The molecule has 0 bridgehead atoms. The maximum Gasteiger partial charge on any atom is 0.525 e. The smallest absolute Gasteiger partial charge is 0.398 e. The molecule has 0 aromatic heterocycles. The molecule has 2 aliphatic rings. The summed E-state index contributed by atoms with van der Waals surface area (Å²) < 4.78 is 54.7. The molecule has 1 aromatic rings. The molecule has 148 valence electrons. The number of hydrogen-bond donors (Lipinski definition) is 1. The first-order valence-corrected chi connectivity index (χ1v) is 9.10. The average molecular weight is 383 g/mol. The highest BCUT2D eigenvalue weighted by atomic mass is 19.1. The number of benzene rings is 1. The largest absolute Gasteiger partial charge is 0.525 e. The molecule has 1 aromatic carbocycles. The predicted molar refractivity (Wildman–Crippen MR) is 97.5 cm³/mol. The van der Waals surface area contributed by atoms with E-state index in [1.807, 2.05) is 4.90 Å². The van der Waals surface area contributed by atoms with Crippen molar-refractivity contribution < 1.29 is 27.6 Å². The van der Waals surface area contributed by atoms with E-state index in [0.29, 0.717) is 19.5 Å². The molecular formula is C19H25BF3NO3. The summed E-state index contributed by atoms with van der Waals surface area (Å²) in [4.78, 5) is 1.83. The summed E-state index contributed by atoms with van der Waals surface area (Å²) in [5, 5.41) is 9.74. The molecule has 1 unspecified atom stereocenters. The van der Waals surface area contributed by atoms with Crippen molar-refractivity contribution >= 4 is 12.7 Å². The zero-order valence-electron chi connectivity index (χ0n) is 16.1. The van der Waals surface area contributed by atoms with Gasteiger partial charge in [0.05, 0.1) is 17.3 Å². The van der Waals surface area contributed by atoms with Crippen molar-refractivity contribution in [3.8, 4) is 0 Å². The first kappa shape index (κ1) is 20.4. The van der Waals surface area contributed by atoms with Gasteiger partial charge in [0.15, 0.2) is 0 Å². The van der Waals surface area contributed by atoms with Crippen molar-refractivity contribution in [3.05, 3.63) is 41.1 Å². The van der Waals surface area contributed by atoms with Gasteiger partial charge in [0.1, 0.15) is 17.4 Å². The van der Waals surface area contributed by atoms with E-state index in [0.717, 1.165) is 12.1 Å². The van der Waals surface area contributed by atoms with Crippen LogP contribution in [0.1, 0.15) is 39.7 Å². The van der Waals surface area contributed by atoms with Gasteiger partial charge < -0.3 is 14.4 Å². The molecule has 4 nitrogen and oxygen atoms in total. The van der Waals surface area contributed by atoms with Gasteiger partial charge in [-0.15, -0.1) is 0 Å². The van der Waals surface area contributed by atoms with Crippen LogP contribution >= 0.6 is 0 Å². The molecule has 1 N–H and O–H groups in total. The maximum absolute atomic E-state index is 15.5. The maximum atomic E-state index is 15.5. The van der Waals surface area contributed by atoms with Crippen LogP contribution in [-0.4, -0.2) is 54.1 Å². The second-order valence-electron chi connectivity index (χ2n) is 8.22. The van der Waals surface area contributed by atoms with Crippen LogP contribution < -0.4 is 0 Å². The Balaban J connectivity index is 1.99. The van der Waals surface area contributed by atoms with E-state index < -0.39 is 41.8 Å². The normalized spacial score (nSPS) is 25.8. The summed E-state index contributed by atoms with van der Waals surface area (Å²) >= 11 is 0.